The highest BCUT2D eigenvalue weighted by Crippen LogP contribution is 2.31. The summed E-state index contributed by atoms with van der Waals surface area (Å²) in [6, 6.07) is 0.934. The van der Waals surface area contributed by atoms with Gasteiger partial charge in [-0.3, -0.25) is 9.48 Å². The van der Waals surface area contributed by atoms with Crippen LogP contribution in [0.15, 0.2) is 11.4 Å². The number of ether oxygens (including phenoxy) is 1. The van der Waals surface area contributed by atoms with E-state index in [0.29, 0.717) is 31.6 Å². The number of thiazole rings is 1. The largest absolute Gasteiger partial charge is 0.461 e. The molecule has 3 heterocycles. The highest BCUT2D eigenvalue weighted by Gasteiger charge is 2.35. The molecule has 0 spiro atoms. The number of piperidine rings is 1. The summed E-state index contributed by atoms with van der Waals surface area (Å²) in [6.07, 6.45) is -3.19. The Kier molecular flexibility index (Phi) is 6.25. The van der Waals surface area contributed by atoms with Crippen LogP contribution in [0.4, 0.5) is 13.2 Å². The number of hydrogen-bond acceptors (Lipinski definition) is 6. The minimum absolute atomic E-state index is 0.135. The second kappa shape index (κ2) is 8.52. The fraction of sp³-hybridized carbons (Fsp3) is 0.556. The number of likely N-dealkylation sites (tertiary alicyclic amines) is 1. The molecule has 0 bridgehead atoms. The molecular weight excluding hydrogens is 409 g/mol. The van der Waals surface area contributed by atoms with Crippen LogP contribution in [0.2, 0.25) is 0 Å². The van der Waals surface area contributed by atoms with E-state index < -0.39 is 17.8 Å². The quantitative estimate of drug-likeness (QED) is 0.681. The predicted octanol–water partition coefficient (Wildman–Crippen LogP) is 3.25. The van der Waals surface area contributed by atoms with Crippen LogP contribution in [0.5, 0.6) is 0 Å². The number of alkyl halides is 3. The normalized spacial score (nSPS) is 15.6. The molecule has 0 atom stereocenters. The van der Waals surface area contributed by atoms with E-state index in [2.05, 4.69) is 10.1 Å². The number of esters is 1. The van der Waals surface area contributed by atoms with Crippen molar-refractivity contribution in [1.82, 2.24) is 19.7 Å². The Labute approximate surface area is 169 Å². The molecule has 0 N–H and O–H groups in total. The molecule has 0 saturated carbocycles. The Morgan fingerprint density at radius 1 is 1.31 bits per heavy atom. The number of carbonyl (C=O) groups excluding carboxylic acids is 2. The first kappa shape index (κ1) is 21.3. The van der Waals surface area contributed by atoms with Gasteiger partial charge in [0.2, 0.25) is 5.91 Å². The zero-order valence-electron chi connectivity index (χ0n) is 16.0. The third-order valence-electron chi connectivity index (χ3n) is 4.76. The van der Waals surface area contributed by atoms with Crippen molar-refractivity contribution in [1.29, 1.82) is 0 Å². The van der Waals surface area contributed by atoms with Gasteiger partial charge in [0.15, 0.2) is 11.4 Å². The third kappa shape index (κ3) is 4.95. The van der Waals surface area contributed by atoms with Gasteiger partial charge in [-0.25, -0.2) is 9.78 Å². The highest BCUT2D eigenvalue weighted by atomic mass is 32.1. The monoisotopic (exact) mass is 430 g/mol. The number of amides is 1. The zero-order chi connectivity index (χ0) is 21.2. The van der Waals surface area contributed by atoms with Crippen LogP contribution in [0.1, 0.15) is 52.6 Å². The number of aromatic nitrogens is 3. The lowest BCUT2D eigenvalue weighted by atomic mass is 9.97. The molecule has 0 radical (unpaired) electrons. The van der Waals surface area contributed by atoms with Gasteiger partial charge in [-0.2, -0.15) is 18.3 Å². The number of rotatable bonds is 5. The summed E-state index contributed by atoms with van der Waals surface area (Å²) in [6.45, 7) is 4.23. The maximum Gasteiger partial charge on any atom is 0.435 e. The molecule has 0 unspecified atom stereocenters. The SMILES string of the molecule is CCOC(=O)c1csc(C2CCN(C(=O)Cn3nc(C(F)(F)F)cc3C)CC2)n1. The Balaban J connectivity index is 1.56. The van der Waals surface area contributed by atoms with Crippen molar-refractivity contribution in [3.63, 3.8) is 0 Å². The second-order valence-electron chi connectivity index (χ2n) is 6.77. The molecule has 7 nitrogen and oxygen atoms in total. The van der Waals surface area contributed by atoms with E-state index in [4.69, 9.17) is 4.74 Å². The van der Waals surface area contributed by atoms with E-state index in [1.165, 1.54) is 18.3 Å². The summed E-state index contributed by atoms with van der Waals surface area (Å²) in [5.74, 6) is -0.583. The van der Waals surface area contributed by atoms with Crippen LogP contribution in [0.3, 0.4) is 0 Å². The van der Waals surface area contributed by atoms with Crippen LogP contribution in [0.25, 0.3) is 0 Å². The standard InChI is InChI=1S/C18H21F3N4O3S/c1-3-28-17(27)13-10-29-16(22-13)12-4-6-24(7-5-12)15(26)9-25-11(2)8-14(23-25)18(19,20)21/h8,10,12H,3-7,9H2,1-2H3. The van der Waals surface area contributed by atoms with Gasteiger partial charge in [-0.05, 0) is 32.8 Å². The van der Waals surface area contributed by atoms with E-state index in [1.54, 1.807) is 17.2 Å². The molecule has 1 saturated heterocycles. The summed E-state index contributed by atoms with van der Waals surface area (Å²) in [5, 5.41) is 6.01. The van der Waals surface area contributed by atoms with E-state index in [1.807, 2.05) is 0 Å². The molecule has 0 aliphatic carbocycles. The number of carbonyl (C=O) groups is 2. The minimum Gasteiger partial charge on any atom is -0.461 e. The number of nitrogens with zero attached hydrogens (tertiary/aromatic N) is 4. The number of aryl methyl sites for hydroxylation is 1. The lowest BCUT2D eigenvalue weighted by Gasteiger charge is -2.31. The first-order chi connectivity index (χ1) is 13.7. The molecule has 1 amide bonds. The number of hydrogen-bond donors (Lipinski definition) is 0. The van der Waals surface area contributed by atoms with Gasteiger partial charge in [-0.1, -0.05) is 0 Å². The van der Waals surface area contributed by atoms with Crippen molar-refractivity contribution in [2.75, 3.05) is 19.7 Å². The van der Waals surface area contributed by atoms with Crippen LogP contribution in [-0.2, 0) is 22.3 Å². The predicted molar refractivity (Wildman–Crippen MR) is 98.6 cm³/mol. The molecular formula is C18H21F3N4O3S. The topological polar surface area (TPSA) is 77.3 Å². The third-order valence-corrected chi connectivity index (χ3v) is 5.77. The van der Waals surface area contributed by atoms with E-state index >= 15 is 0 Å². The van der Waals surface area contributed by atoms with Crippen LogP contribution in [-0.4, -0.2) is 51.2 Å². The second-order valence-corrected chi connectivity index (χ2v) is 7.66. The molecule has 3 rings (SSSR count). The minimum atomic E-state index is -4.53. The van der Waals surface area contributed by atoms with Crippen LogP contribution in [0, 0.1) is 6.92 Å². The van der Waals surface area contributed by atoms with Gasteiger partial charge < -0.3 is 9.64 Å². The van der Waals surface area contributed by atoms with Gasteiger partial charge in [0, 0.05) is 30.1 Å². The summed E-state index contributed by atoms with van der Waals surface area (Å²) in [4.78, 5) is 30.2. The average molecular weight is 430 g/mol. The van der Waals surface area contributed by atoms with Crippen molar-refractivity contribution in [3.8, 4) is 0 Å². The summed E-state index contributed by atoms with van der Waals surface area (Å²) in [5.41, 5.74) is -0.419. The maximum absolute atomic E-state index is 12.8. The van der Waals surface area contributed by atoms with Crippen molar-refractivity contribution in [2.24, 2.45) is 0 Å². The first-order valence-corrected chi connectivity index (χ1v) is 10.1. The first-order valence-electron chi connectivity index (χ1n) is 9.21. The van der Waals surface area contributed by atoms with Crippen molar-refractivity contribution >= 4 is 23.2 Å². The average Bonchev–Trinajstić information content (AvgIpc) is 3.29. The molecule has 1 fully saturated rings. The summed E-state index contributed by atoms with van der Waals surface area (Å²) >= 11 is 1.39. The number of halogens is 3. The Hall–Kier alpha value is -2.43. The zero-order valence-corrected chi connectivity index (χ0v) is 16.8. The molecule has 0 aromatic carbocycles. The maximum atomic E-state index is 12.8. The van der Waals surface area contributed by atoms with E-state index in [-0.39, 0.29) is 30.7 Å². The summed E-state index contributed by atoms with van der Waals surface area (Å²) < 4.78 is 44.3. The van der Waals surface area contributed by atoms with Gasteiger partial charge in [0.25, 0.3) is 0 Å². The molecule has 158 valence electrons. The fourth-order valence-corrected chi connectivity index (χ4v) is 4.15. The van der Waals surface area contributed by atoms with Gasteiger partial charge in [0.05, 0.1) is 11.6 Å². The van der Waals surface area contributed by atoms with Crippen LogP contribution < -0.4 is 0 Å². The van der Waals surface area contributed by atoms with Crippen molar-refractivity contribution in [3.05, 3.63) is 33.5 Å². The molecule has 2 aromatic heterocycles. The van der Waals surface area contributed by atoms with Crippen molar-refractivity contribution < 1.29 is 27.5 Å². The van der Waals surface area contributed by atoms with Gasteiger partial charge >= 0.3 is 12.1 Å². The van der Waals surface area contributed by atoms with Gasteiger partial charge in [-0.15, -0.1) is 11.3 Å². The Morgan fingerprint density at radius 2 is 2.00 bits per heavy atom. The Bertz CT molecular complexity index is 885. The van der Waals surface area contributed by atoms with E-state index in [0.717, 1.165) is 15.8 Å². The van der Waals surface area contributed by atoms with Crippen molar-refractivity contribution in [2.45, 2.75) is 45.3 Å². The molecule has 1 aliphatic rings. The molecule has 2 aromatic rings. The lowest BCUT2D eigenvalue weighted by molar-refractivity contribution is -0.142. The van der Waals surface area contributed by atoms with Crippen LogP contribution >= 0.6 is 11.3 Å². The summed E-state index contributed by atoms with van der Waals surface area (Å²) in [7, 11) is 0. The lowest BCUT2D eigenvalue weighted by Crippen LogP contribution is -2.40. The Morgan fingerprint density at radius 3 is 2.59 bits per heavy atom. The van der Waals surface area contributed by atoms with Gasteiger partial charge in [0.1, 0.15) is 6.54 Å². The molecule has 11 heteroatoms. The van der Waals surface area contributed by atoms with E-state index in [9.17, 15) is 22.8 Å². The molecule has 1 aliphatic heterocycles. The highest BCUT2D eigenvalue weighted by molar-refractivity contribution is 7.09. The molecule has 29 heavy (non-hydrogen) atoms. The fourth-order valence-electron chi connectivity index (χ4n) is 3.19. The smallest absolute Gasteiger partial charge is 0.435 e.